The topological polar surface area (TPSA) is 87.7 Å². The molecule has 0 aliphatic heterocycles. The monoisotopic (exact) mass is 399 g/mol. The third kappa shape index (κ3) is 3.48. The summed E-state index contributed by atoms with van der Waals surface area (Å²) in [5, 5.41) is 14.0. The molecule has 0 aliphatic rings. The van der Waals surface area contributed by atoms with Gasteiger partial charge in [-0.1, -0.05) is 11.2 Å². The second-order valence-corrected chi connectivity index (χ2v) is 5.35. The van der Waals surface area contributed by atoms with Crippen molar-refractivity contribution < 1.29 is 14.4 Å². The number of carbonyl (C=O) groups excluding carboxylic acids is 1. The molecule has 0 atom stereocenters. The Labute approximate surface area is 133 Å². The first-order chi connectivity index (χ1) is 10.0. The van der Waals surface area contributed by atoms with Gasteiger partial charge in [0.25, 0.3) is 5.91 Å². The van der Waals surface area contributed by atoms with Gasteiger partial charge in [-0.15, -0.1) is 0 Å². The van der Waals surface area contributed by atoms with Crippen molar-refractivity contribution in [3.8, 4) is 0 Å². The van der Waals surface area contributed by atoms with Crippen molar-refractivity contribution in [2.75, 3.05) is 5.32 Å². The molecule has 0 heterocycles. The van der Waals surface area contributed by atoms with Gasteiger partial charge in [-0.3, -0.25) is 4.79 Å². The van der Waals surface area contributed by atoms with Gasteiger partial charge in [0.1, 0.15) is 5.82 Å². The van der Waals surface area contributed by atoms with Crippen LogP contribution in [-0.4, -0.2) is 17.0 Å². The lowest BCUT2D eigenvalue weighted by molar-refractivity contribution is 0.102. The first-order valence-corrected chi connectivity index (χ1v) is 6.94. The van der Waals surface area contributed by atoms with E-state index in [-0.39, 0.29) is 11.3 Å². The average Bonchev–Trinajstić information content (AvgIpc) is 2.47. The van der Waals surface area contributed by atoms with Crippen molar-refractivity contribution in [1.29, 1.82) is 0 Å². The van der Waals surface area contributed by atoms with Crippen LogP contribution in [0.2, 0.25) is 0 Å². The van der Waals surface area contributed by atoms with Crippen LogP contribution < -0.4 is 11.1 Å². The second-order valence-electron chi connectivity index (χ2n) is 4.11. The van der Waals surface area contributed by atoms with E-state index in [9.17, 15) is 9.18 Å². The molecule has 0 fully saturated rings. The largest absolute Gasteiger partial charge is 0.409 e. The number of hydrogen-bond donors (Lipinski definition) is 3. The fraction of sp³-hybridized carbons (Fsp3) is 0. The van der Waals surface area contributed by atoms with E-state index in [0.717, 1.165) is 9.64 Å². The molecule has 0 spiro atoms. The molecule has 5 nitrogen and oxygen atoms in total. The number of halogens is 2. The lowest BCUT2D eigenvalue weighted by Gasteiger charge is -2.11. The number of nitrogens with zero attached hydrogens (tertiary/aromatic N) is 1. The molecule has 0 unspecified atom stereocenters. The summed E-state index contributed by atoms with van der Waals surface area (Å²) < 4.78 is 14.8. The number of nitrogens with two attached hydrogens (primary N) is 1. The summed E-state index contributed by atoms with van der Waals surface area (Å²) in [6, 6.07) is 10.9. The Morgan fingerprint density at radius 1 is 1.24 bits per heavy atom. The van der Waals surface area contributed by atoms with Crippen LogP contribution in [0.3, 0.4) is 0 Å². The van der Waals surface area contributed by atoms with Crippen LogP contribution in [0, 0.1) is 9.39 Å². The molecule has 7 heteroatoms. The minimum absolute atomic E-state index is 0.133. The SMILES string of the molecule is N/C(=N/O)c1c(F)cccc1NC(=O)c1ccc(I)cc1. The summed E-state index contributed by atoms with van der Waals surface area (Å²) in [5.74, 6) is -1.51. The number of hydrogen-bond acceptors (Lipinski definition) is 3. The smallest absolute Gasteiger partial charge is 0.255 e. The normalized spacial score (nSPS) is 11.2. The van der Waals surface area contributed by atoms with Gasteiger partial charge in [-0.25, -0.2) is 4.39 Å². The van der Waals surface area contributed by atoms with Crippen LogP contribution in [0.1, 0.15) is 15.9 Å². The number of nitrogens with one attached hydrogen (secondary N) is 1. The van der Waals surface area contributed by atoms with Gasteiger partial charge < -0.3 is 16.3 Å². The Hall–Kier alpha value is -2.16. The van der Waals surface area contributed by atoms with Crippen LogP contribution >= 0.6 is 22.6 Å². The van der Waals surface area contributed by atoms with E-state index in [2.05, 4.69) is 33.1 Å². The average molecular weight is 399 g/mol. The number of rotatable bonds is 3. The van der Waals surface area contributed by atoms with Crippen LogP contribution in [0.25, 0.3) is 0 Å². The molecular weight excluding hydrogens is 388 g/mol. The van der Waals surface area contributed by atoms with Gasteiger partial charge in [0.05, 0.1) is 11.3 Å². The zero-order valence-electron chi connectivity index (χ0n) is 10.7. The first kappa shape index (κ1) is 15.2. The fourth-order valence-corrected chi connectivity index (χ4v) is 2.09. The van der Waals surface area contributed by atoms with Crippen molar-refractivity contribution in [1.82, 2.24) is 0 Å². The van der Waals surface area contributed by atoms with Gasteiger partial charge >= 0.3 is 0 Å². The van der Waals surface area contributed by atoms with Gasteiger partial charge in [-0.2, -0.15) is 0 Å². The summed E-state index contributed by atoms with van der Waals surface area (Å²) >= 11 is 2.13. The fourth-order valence-electron chi connectivity index (χ4n) is 1.73. The number of amidine groups is 1. The molecule has 0 radical (unpaired) electrons. The molecule has 2 rings (SSSR count). The van der Waals surface area contributed by atoms with E-state index in [1.165, 1.54) is 12.1 Å². The first-order valence-electron chi connectivity index (χ1n) is 5.86. The van der Waals surface area contributed by atoms with Crippen LogP contribution in [0.5, 0.6) is 0 Å². The highest BCUT2D eigenvalue weighted by Crippen LogP contribution is 2.20. The highest BCUT2D eigenvalue weighted by Gasteiger charge is 2.15. The van der Waals surface area contributed by atoms with Gasteiger partial charge in [0, 0.05) is 9.13 Å². The maximum atomic E-state index is 13.8. The maximum Gasteiger partial charge on any atom is 0.255 e. The Kier molecular flexibility index (Phi) is 4.73. The van der Waals surface area contributed by atoms with Crippen LogP contribution in [-0.2, 0) is 0 Å². The van der Waals surface area contributed by atoms with Crippen molar-refractivity contribution in [2.24, 2.45) is 10.9 Å². The summed E-state index contributed by atoms with van der Waals surface area (Å²) in [4.78, 5) is 12.1. The minimum atomic E-state index is -0.689. The van der Waals surface area contributed by atoms with Crippen LogP contribution in [0.4, 0.5) is 10.1 Å². The number of anilines is 1. The van der Waals surface area contributed by atoms with E-state index >= 15 is 0 Å². The molecule has 0 saturated heterocycles. The molecule has 1 amide bonds. The number of benzene rings is 2. The van der Waals surface area contributed by atoms with Crippen LogP contribution in [0.15, 0.2) is 47.6 Å². The van der Waals surface area contributed by atoms with Crippen molar-refractivity contribution in [3.63, 3.8) is 0 Å². The molecular formula is C14H11FIN3O2. The van der Waals surface area contributed by atoms with Gasteiger partial charge in [0.15, 0.2) is 5.84 Å². The highest BCUT2D eigenvalue weighted by molar-refractivity contribution is 14.1. The Balaban J connectivity index is 2.33. The molecule has 108 valence electrons. The molecule has 0 bridgehead atoms. The number of oxime groups is 1. The number of amides is 1. The molecule has 0 aromatic heterocycles. The third-order valence-corrected chi connectivity index (χ3v) is 3.45. The molecule has 21 heavy (non-hydrogen) atoms. The Morgan fingerprint density at radius 3 is 2.52 bits per heavy atom. The summed E-state index contributed by atoms with van der Waals surface area (Å²) in [6.07, 6.45) is 0. The lowest BCUT2D eigenvalue weighted by atomic mass is 10.1. The Bertz CT molecular complexity index is 702. The Morgan fingerprint density at radius 2 is 1.90 bits per heavy atom. The predicted octanol–water partition coefficient (Wildman–Crippen LogP) is 2.78. The molecule has 2 aromatic rings. The summed E-state index contributed by atoms with van der Waals surface area (Å²) in [5.41, 5.74) is 5.84. The van der Waals surface area contributed by atoms with E-state index in [4.69, 9.17) is 10.9 Å². The van der Waals surface area contributed by atoms with Gasteiger partial charge in [0.2, 0.25) is 0 Å². The predicted molar refractivity (Wildman–Crippen MR) is 86.0 cm³/mol. The molecule has 4 N–H and O–H groups in total. The summed E-state index contributed by atoms with van der Waals surface area (Å²) in [6.45, 7) is 0. The van der Waals surface area contributed by atoms with Crippen molar-refractivity contribution in [2.45, 2.75) is 0 Å². The number of carbonyl (C=O) groups is 1. The molecule has 2 aromatic carbocycles. The van der Waals surface area contributed by atoms with E-state index in [0.29, 0.717) is 5.56 Å². The molecule has 0 saturated carbocycles. The van der Waals surface area contributed by atoms with Gasteiger partial charge in [-0.05, 0) is 59.0 Å². The lowest BCUT2D eigenvalue weighted by Crippen LogP contribution is -2.20. The summed E-state index contributed by atoms with van der Waals surface area (Å²) in [7, 11) is 0. The van der Waals surface area contributed by atoms with E-state index in [1.54, 1.807) is 24.3 Å². The van der Waals surface area contributed by atoms with E-state index in [1.807, 2.05) is 0 Å². The molecule has 0 aliphatic carbocycles. The third-order valence-electron chi connectivity index (χ3n) is 2.73. The maximum absolute atomic E-state index is 13.8. The van der Waals surface area contributed by atoms with Crippen molar-refractivity contribution >= 4 is 40.0 Å². The highest BCUT2D eigenvalue weighted by atomic mass is 127. The minimum Gasteiger partial charge on any atom is -0.409 e. The second kappa shape index (κ2) is 6.53. The zero-order chi connectivity index (χ0) is 15.4. The standard InChI is InChI=1S/C14H11FIN3O2/c15-10-2-1-3-11(12(10)13(17)19-21)18-14(20)8-4-6-9(16)7-5-8/h1-7,21H,(H2,17,19)(H,18,20). The quantitative estimate of drug-likeness (QED) is 0.244. The zero-order valence-corrected chi connectivity index (χ0v) is 12.8. The van der Waals surface area contributed by atoms with Crippen molar-refractivity contribution in [3.05, 3.63) is 63.0 Å². The van der Waals surface area contributed by atoms with E-state index < -0.39 is 17.6 Å².